The molecule has 1 fully saturated rings. The largest absolute Gasteiger partial charge is 0.497 e. The fraction of sp³-hybridized carbons (Fsp3) is 0.0833. The Bertz CT molecular complexity index is 1450. The highest BCUT2D eigenvalue weighted by Crippen LogP contribution is 2.41. The zero-order valence-electron chi connectivity index (χ0n) is 18.6. The van der Waals surface area contributed by atoms with Crippen LogP contribution >= 0.6 is 39.9 Å². The van der Waals surface area contributed by atoms with Gasteiger partial charge in [-0.3, -0.25) is 19.8 Å². The van der Waals surface area contributed by atoms with Crippen molar-refractivity contribution in [1.82, 2.24) is 0 Å². The lowest BCUT2D eigenvalue weighted by Crippen LogP contribution is -2.27. The van der Waals surface area contributed by atoms with Gasteiger partial charge in [-0.15, -0.1) is 0 Å². The third-order valence-electron chi connectivity index (χ3n) is 5.08. The van der Waals surface area contributed by atoms with Gasteiger partial charge in [0.05, 0.1) is 32.7 Å². The van der Waals surface area contributed by atoms with E-state index in [0.717, 1.165) is 17.8 Å². The summed E-state index contributed by atoms with van der Waals surface area (Å²) >= 11 is 9.81. The number of hydrogen-bond acceptors (Lipinski definition) is 7. The second kappa shape index (κ2) is 10.5. The van der Waals surface area contributed by atoms with Crippen LogP contribution in [0.5, 0.6) is 17.2 Å². The molecule has 1 saturated heterocycles. The summed E-state index contributed by atoms with van der Waals surface area (Å²) in [6.07, 6.45) is -3.11. The van der Waals surface area contributed by atoms with Gasteiger partial charge in [0.25, 0.3) is 5.91 Å². The molecule has 37 heavy (non-hydrogen) atoms. The number of carbonyl (C=O) groups is 1. The number of methoxy groups -OCH3 is 1. The lowest BCUT2D eigenvalue weighted by molar-refractivity contribution is -0.385. The average Bonchev–Trinajstić information content (AvgIpc) is 3.12. The predicted octanol–water partition coefficient (Wildman–Crippen LogP) is 7.58. The normalized spacial score (nSPS) is 14.8. The molecule has 0 atom stereocenters. The number of anilines is 1. The second-order valence-corrected chi connectivity index (χ2v) is 9.97. The maximum absolute atomic E-state index is 13.0. The summed E-state index contributed by atoms with van der Waals surface area (Å²) in [5.74, 6) is 0.105. The van der Waals surface area contributed by atoms with E-state index in [4.69, 9.17) is 21.7 Å². The van der Waals surface area contributed by atoms with Crippen molar-refractivity contribution in [3.8, 4) is 17.2 Å². The van der Waals surface area contributed by atoms with E-state index in [1.54, 1.807) is 42.5 Å². The van der Waals surface area contributed by atoms with Crippen molar-refractivity contribution >= 4 is 67.6 Å². The van der Waals surface area contributed by atoms with Crippen LogP contribution in [0.25, 0.3) is 6.08 Å². The van der Waals surface area contributed by atoms with Crippen molar-refractivity contribution in [1.29, 1.82) is 0 Å². The van der Waals surface area contributed by atoms with Crippen LogP contribution < -0.4 is 14.4 Å². The molecule has 1 amide bonds. The van der Waals surface area contributed by atoms with Crippen LogP contribution in [0.15, 0.2) is 70.0 Å². The molecule has 0 N–H and O–H groups in total. The van der Waals surface area contributed by atoms with Gasteiger partial charge in [0, 0.05) is 6.07 Å². The Balaban J connectivity index is 1.57. The van der Waals surface area contributed by atoms with Crippen molar-refractivity contribution in [2.45, 2.75) is 6.18 Å². The van der Waals surface area contributed by atoms with Crippen molar-refractivity contribution in [3.63, 3.8) is 0 Å². The van der Waals surface area contributed by atoms with Crippen LogP contribution in [0.4, 0.5) is 24.5 Å². The zero-order chi connectivity index (χ0) is 26.9. The monoisotopic (exact) mass is 610 g/mol. The second-order valence-electron chi connectivity index (χ2n) is 7.44. The van der Waals surface area contributed by atoms with Crippen LogP contribution in [0.1, 0.15) is 11.1 Å². The van der Waals surface area contributed by atoms with Gasteiger partial charge < -0.3 is 9.47 Å². The minimum Gasteiger partial charge on any atom is -0.497 e. The number of halogens is 4. The van der Waals surface area contributed by atoms with Crippen LogP contribution in [-0.2, 0) is 11.0 Å². The number of carbonyl (C=O) groups excluding carboxylic acids is 1. The Kier molecular flexibility index (Phi) is 7.57. The molecule has 13 heteroatoms. The highest BCUT2D eigenvalue weighted by molar-refractivity contribution is 9.10. The predicted molar refractivity (Wildman–Crippen MR) is 141 cm³/mol. The van der Waals surface area contributed by atoms with Gasteiger partial charge in [0.1, 0.15) is 11.5 Å². The highest BCUT2D eigenvalue weighted by Gasteiger charge is 2.34. The summed E-state index contributed by atoms with van der Waals surface area (Å²) in [4.78, 5) is 25.2. The molecule has 1 heterocycles. The van der Waals surface area contributed by atoms with Crippen molar-refractivity contribution < 1.29 is 32.4 Å². The maximum atomic E-state index is 13.0. The molecular formula is C24H14BrF3N2O5S2. The van der Waals surface area contributed by atoms with E-state index >= 15 is 0 Å². The summed E-state index contributed by atoms with van der Waals surface area (Å²) in [6.45, 7) is 0. The molecule has 0 aliphatic carbocycles. The first-order valence-corrected chi connectivity index (χ1v) is 12.2. The van der Waals surface area contributed by atoms with Gasteiger partial charge in [0.2, 0.25) is 5.75 Å². The molecule has 0 bridgehead atoms. The molecule has 190 valence electrons. The van der Waals surface area contributed by atoms with Crippen LogP contribution in [0, 0.1) is 10.1 Å². The number of nitro benzene ring substituents is 1. The Morgan fingerprint density at radius 1 is 1.08 bits per heavy atom. The topological polar surface area (TPSA) is 81.9 Å². The fourth-order valence-electron chi connectivity index (χ4n) is 3.30. The van der Waals surface area contributed by atoms with E-state index in [1.807, 2.05) is 0 Å². The molecule has 3 aromatic rings. The summed E-state index contributed by atoms with van der Waals surface area (Å²) in [6, 6.07) is 13.6. The van der Waals surface area contributed by atoms with E-state index in [2.05, 4.69) is 15.9 Å². The first-order valence-electron chi connectivity index (χ1n) is 10.2. The van der Waals surface area contributed by atoms with Crippen molar-refractivity contribution in [2.75, 3.05) is 12.0 Å². The van der Waals surface area contributed by atoms with Crippen LogP contribution in [-0.4, -0.2) is 22.3 Å². The number of ether oxygens (including phenoxy) is 2. The smallest absolute Gasteiger partial charge is 0.416 e. The van der Waals surface area contributed by atoms with E-state index in [1.165, 1.54) is 18.1 Å². The lowest BCUT2D eigenvalue weighted by atomic mass is 10.1. The quantitative estimate of drug-likeness (QED) is 0.123. The van der Waals surface area contributed by atoms with Crippen molar-refractivity contribution in [3.05, 3.63) is 91.3 Å². The summed E-state index contributed by atoms with van der Waals surface area (Å²) in [7, 11) is 1.54. The van der Waals surface area contributed by atoms with E-state index in [9.17, 15) is 28.1 Å². The number of thiocarbonyl (C=S) groups is 1. The summed E-state index contributed by atoms with van der Waals surface area (Å²) in [5, 5.41) is 11.3. The van der Waals surface area contributed by atoms with Gasteiger partial charge in [-0.1, -0.05) is 30.0 Å². The third-order valence-corrected chi connectivity index (χ3v) is 7.00. The molecule has 0 aromatic heterocycles. The molecule has 0 saturated carbocycles. The van der Waals surface area contributed by atoms with Gasteiger partial charge >= 0.3 is 11.9 Å². The average molecular weight is 611 g/mol. The van der Waals surface area contributed by atoms with Crippen LogP contribution in [0.3, 0.4) is 0 Å². The number of nitrogens with zero attached hydrogens (tertiary/aromatic N) is 2. The first-order chi connectivity index (χ1) is 17.5. The number of rotatable bonds is 6. The minimum atomic E-state index is -4.74. The number of amides is 1. The molecule has 0 spiro atoms. The molecule has 0 unspecified atom stereocenters. The fourth-order valence-corrected chi connectivity index (χ4v) is 5.08. The Morgan fingerprint density at radius 3 is 2.35 bits per heavy atom. The van der Waals surface area contributed by atoms with Gasteiger partial charge in [-0.2, -0.15) is 13.2 Å². The summed E-state index contributed by atoms with van der Waals surface area (Å²) < 4.78 is 50.2. The molecule has 1 aliphatic heterocycles. The third kappa shape index (κ3) is 5.78. The first kappa shape index (κ1) is 26.6. The SMILES string of the molecule is COc1ccc(N2C(=O)/C(=C/c3ccc(Oc4ccc(C(F)(F)F)cc4[N+](=O)[O-])c(Br)c3)SC2=S)cc1. The number of benzene rings is 3. The maximum Gasteiger partial charge on any atom is 0.416 e. The Hall–Kier alpha value is -3.42. The Labute approximate surface area is 226 Å². The van der Waals surface area contributed by atoms with E-state index < -0.39 is 22.4 Å². The number of hydrogen-bond donors (Lipinski definition) is 0. The lowest BCUT2D eigenvalue weighted by Gasteiger charge is -2.14. The van der Waals surface area contributed by atoms with Gasteiger partial charge in [0.15, 0.2) is 4.32 Å². The van der Waals surface area contributed by atoms with Gasteiger partial charge in [-0.05, 0) is 76.1 Å². The standard InChI is InChI=1S/C24H14BrF3N2O5S2/c1-34-16-6-4-15(5-7-16)29-22(31)21(37-23(29)36)11-13-2-8-19(17(25)10-13)35-20-9-3-14(24(26,27)28)12-18(20)30(32)33/h2-12H,1H3/b21-11-. The Morgan fingerprint density at radius 2 is 1.76 bits per heavy atom. The molecule has 0 radical (unpaired) electrons. The zero-order valence-corrected chi connectivity index (χ0v) is 21.8. The number of alkyl halides is 3. The van der Waals surface area contributed by atoms with E-state index in [-0.39, 0.29) is 17.4 Å². The summed E-state index contributed by atoms with van der Waals surface area (Å²) in [5.41, 5.74) is -0.799. The number of thioether (sulfide) groups is 1. The molecule has 4 rings (SSSR count). The number of nitro groups is 1. The molecular weight excluding hydrogens is 597 g/mol. The van der Waals surface area contributed by atoms with Crippen molar-refractivity contribution in [2.24, 2.45) is 0 Å². The molecule has 3 aromatic carbocycles. The molecule has 1 aliphatic rings. The highest BCUT2D eigenvalue weighted by atomic mass is 79.9. The van der Waals surface area contributed by atoms with Crippen LogP contribution in [0.2, 0.25) is 0 Å². The van der Waals surface area contributed by atoms with E-state index in [0.29, 0.717) is 42.8 Å². The minimum absolute atomic E-state index is 0.130. The van der Waals surface area contributed by atoms with Gasteiger partial charge in [-0.25, -0.2) is 0 Å². The molecule has 7 nitrogen and oxygen atoms in total.